The molecule has 1 saturated carbocycles. The Bertz CT molecular complexity index is 510. The van der Waals surface area contributed by atoms with E-state index in [-0.39, 0.29) is 18.6 Å². The molecule has 0 saturated heterocycles. The summed E-state index contributed by atoms with van der Waals surface area (Å²) in [7, 11) is 0. The van der Waals surface area contributed by atoms with Crippen LogP contribution in [0.15, 0.2) is 24.3 Å². The zero-order chi connectivity index (χ0) is 15.8. The number of carbonyl (C=O) groups is 2. The number of benzene rings is 1. The number of ether oxygens (including phenoxy) is 1. The van der Waals surface area contributed by atoms with Crippen LogP contribution in [0.4, 0.5) is 0 Å². The van der Waals surface area contributed by atoms with Crippen molar-refractivity contribution in [3.63, 3.8) is 0 Å². The van der Waals surface area contributed by atoms with E-state index < -0.39 is 5.97 Å². The largest absolute Gasteiger partial charge is 0.452 e. The molecule has 2 rings (SSSR count). The Kier molecular flexibility index (Phi) is 7.15. The van der Waals surface area contributed by atoms with Gasteiger partial charge in [0.05, 0.1) is 5.56 Å². The fourth-order valence-electron chi connectivity index (χ4n) is 2.71. The van der Waals surface area contributed by atoms with Crippen molar-refractivity contribution in [3.05, 3.63) is 33.4 Å². The lowest BCUT2D eigenvalue weighted by molar-refractivity contribution is -0.125. The summed E-state index contributed by atoms with van der Waals surface area (Å²) in [5, 5.41) is 2.99. The quantitative estimate of drug-likeness (QED) is 0.603. The van der Waals surface area contributed by atoms with Gasteiger partial charge in [-0.2, -0.15) is 0 Å². The van der Waals surface area contributed by atoms with Gasteiger partial charge in [0.1, 0.15) is 0 Å². The van der Waals surface area contributed by atoms with Crippen molar-refractivity contribution in [1.82, 2.24) is 5.32 Å². The molecule has 1 fully saturated rings. The van der Waals surface area contributed by atoms with Crippen molar-refractivity contribution in [1.29, 1.82) is 0 Å². The molecule has 1 N–H and O–H groups in total. The maximum Gasteiger partial charge on any atom is 0.339 e. The SMILES string of the molecule is O=C(COC(=O)c1ccccc1I)NC1CCCCCCC1. The molecule has 1 aliphatic rings. The standard InChI is InChI=1S/C17H22INO3/c18-15-11-7-6-10-14(15)17(21)22-12-16(20)19-13-8-4-2-1-3-5-9-13/h6-7,10-11,13H,1-5,8-9,12H2,(H,19,20). The number of amides is 1. The van der Waals surface area contributed by atoms with Crippen molar-refractivity contribution in [2.24, 2.45) is 0 Å². The molecule has 5 heteroatoms. The van der Waals surface area contributed by atoms with Crippen LogP contribution in [0.3, 0.4) is 0 Å². The number of esters is 1. The Morgan fingerprint density at radius 1 is 1.09 bits per heavy atom. The van der Waals surface area contributed by atoms with E-state index in [9.17, 15) is 9.59 Å². The van der Waals surface area contributed by atoms with Gasteiger partial charge in [-0.05, 0) is 47.6 Å². The molecule has 0 bridgehead atoms. The first-order valence-corrected chi connectivity index (χ1v) is 8.95. The maximum absolute atomic E-state index is 12.0. The van der Waals surface area contributed by atoms with Gasteiger partial charge in [-0.25, -0.2) is 4.79 Å². The fraction of sp³-hybridized carbons (Fsp3) is 0.529. The third kappa shape index (κ3) is 5.59. The van der Waals surface area contributed by atoms with Gasteiger partial charge in [0, 0.05) is 9.61 Å². The van der Waals surface area contributed by atoms with Crippen LogP contribution in [0.1, 0.15) is 55.3 Å². The second-order valence-electron chi connectivity index (χ2n) is 5.67. The lowest BCUT2D eigenvalue weighted by Gasteiger charge is -2.20. The molecule has 1 aliphatic carbocycles. The topological polar surface area (TPSA) is 55.4 Å². The van der Waals surface area contributed by atoms with E-state index in [0.717, 1.165) is 29.3 Å². The summed E-state index contributed by atoms with van der Waals surface area (Å²) in [5.41, 5.74) is 0.502. The van der Waals surface area contributed by atoms with E-state index in [2.05, 4.69) is 27.9 Å². The molecule has 0 radical (unpaired) electrons. The number of nitrogens with one attached hydrogen (secondary N) is 1. The molecule has 120 valence electrons. The average molecular weight is 415 g/mol. The maximum atomic E-state index is 12.0. The van der Waals surface area contributed by atoms with Crippen molar-refractivity contribution in [2.45, 2.75) is 51.0 Å². The predicted octanol–water partition coefficient (Wildman–Crippen LogP) is 3.68. The summed E-state index contributed by atoms with van der Waals surface area (Å²) in [5.74, 6) is -0.650. The molecule has 0 heterocycles. The first kappa shape index (κ1) is 17.2. The van der Waals surface area contributed by atoms with Crippen LogP contribution in [-0.4, -0.2) is 24.5 Å². The smallest absolute Gasteiger partial charge is 0.339 e. The van der Waals surface area contributed by atoms with Crippen molar-refractivity contribution >= 4 is 34.5 Å². The van der Waals surface area contributed by atoms with Crippen LogP contribution in [0, 0.1) is 3.57 Å². The fourth-order valence-corrected chi connectivity index (χ4v) is 3.31. The van der Waals surface area contributed by atoms with Crippen LogP contribution in [0.2, 0.25) is 0 Å². The predicted molar refractivity (Wildman–Crippen MR) is 93.7 cm³/mol. The van der Waals surface area contributed by atoms with Crippen LogP contribution >= 0.6 is 22.6 Å². The third-order valence-corrected chi connectivity index (χ3v) is 4.84. The van der Waals surface area contributed by atoms with E-state index in [4.69, 9.17) is 4.74 Å². The zero-order valence-electron chi connectivity index (χ0n) is 12.6. The second-order valence-corrected chi connectivity index (χ2v) is 6.83. The first-order chi connectivity index (χ1) is 10.7. The minimum Gasteiger partial charge on any atom is -0.452 e. The molecule has 4 nitrogen and oxygen atoms in total. The van der Waals surface area contributed by atoms with Gasteiger partial charge in [0.2, 0.25) is 0 Å². The zero-order valence-corrected chi connectivity index (χ0v) is 14.8. The first-order valence-electron chi connectivity index (χ1n) is 7.88. The Morgan fingerprint density at radius 3 is 2.41 bits per heavy atom. The van der Waals surface area contributed by atoms with Crippen LogP contribution in [-0.2, 0) is 9.53 Å². The van der Waals surface area contributed by atoms with E-state index >= 15 is 0 Å². The van der Waals surface area contributed by atoms with Gasteiger partial charge in [-0.15, -0.1) is 0 Å². The Morgan fingerprint density at radius 2 is 1.73 bits per heavy atom. The van der Waals surface area contributed by atoms with Crippen LogP contribution in [0.5, 0.6) is 0 Å². The third-order valence-electron chi connectivity index (χ3n) is 3.90. The average Bonchev–Trinajstić information content (AvgIpc) is 2.48. The molecule has 1 amide bonds. The summed E-state index contributed by atoms with van der Waals surface area (Å²) < 4.78 is 5.94. The number of hydrogen-bond donors (Lipinski definition) is 1. The minimum absolute atomic E-state index is 0.204. The monoisotopic (exact) mass is 415 g/mol. The van der Waals surface area contributed by atoms with E-state index in [1.54, 1.807) is 12.1 Å². The summed E-state index contributed by atoms with van der Waals surface area (Å²) >= 11 is 2.08. The summed E-state index contributed by atoms with van der Waals surface area (Å²) in [6.07, 6.45) is 8.15. The summed E-state index contributed by atoms with van der Waals surface area (Å²) in [6.45, 7) is -0.208. The number of hydrogen-bond acceptors (Lipinski definition) is 3. The Labute approximate surface area is 145 Å². The van der Waals surface area contributed by atoms with Gasteiger partial charge in [0.25, 0.3) is 5.91 Å². The number of carbonyl (C=O) groups excluding carboxylic acids is 2. The van der Waals surface area contributed by atoms with Gasteiger partial charge in [-0.1, -0.05) is 44.2 Å². The highest BCUT2D eigenvalue weighted by Crippen LogP contribution is 2.17. The normalized spacial score (nSPS) is 16.4. The van der Waals surface area contributed by atoms with E-state index in [1.165, 1.54) is 19.3 Å². The van der Waals surface area contributed by atoms with E-state index in [0.29, 0.717) is 5.56 Å². The van der Waals surface area contributed by atoms with Gasteiger partial charge in [-0.3, -0.25) is 4.79 Å². The Hall–Kier alpha value is -1.11. The molecular formula is C17H22INO3. The number of halogens is 1. The van der Waals surface area contributed by atoms with Gasteiger partial charge < -0.3 is 10.1 Å². The lowest BCUT2D eigenvalue weighted by Crippen LogP contribution is -2.38. The van der Waals surface area contributed by atoms with Crippen molar-refractivity contribution in [2.75, 3.05) is 6.61 Å². The molecule has 1 aromatic carbocycles. The highest BCUT2D eigenvalue weighted by Gasteiger charge is 2.16. The van der Waals surface area contributed by atoms with Crippen molar-refractivity contribution in [3.8, 4) is 0 Å². The molecule has 0 atom stereocenters. The van der Waals surface area contributed by atoms with E-state index in [1.807, 2.05) is 12.1 Å². The van der Waals surface area contributed by atoms with Crippen molar-refractivity contribution < 1.29 is 14.3 Å². The molecule has 22 heavy (non-hydrogen) atoms. The van der Waals surface area contributed by atoms with Gasteiger partial charge in [0.15, 0.2) is 6.61 Å². The molecule has 0 aromatic heterocycles. The van der Waals surface area contributed by atoms with Crippen LogP contribution < -0.4 is 5.32 Å². The second kappa shape index (κ2) is 9.12. The van der Waals surface area contributed by atoms with Gasteiger partial charge >= 0.3 is 5.97 Å². The lowest BCUT2D eigenvalue weighted by atomic mass is 9.97. The molecule has 1 aromatic rings. The number of rotatable bonds is 4. The molecule has 0 unspecified atom stereocenters. The molecular weight excluding hydrogens is 393 g/mol. The highest BCUT2D eigenvalue weighted by molar-refractivity contribution is 14.1. The van der Waals surface area contributed by atoms with Crippen LogP contribution in [0.25, 0.3) is 0 Å². The molecule has 0 aliphatic heterocycles. The molecule has 0 spiro atoms. The minimum atomic E-state index is -0.446. The summed E-state index contributed by atoms with van der Waals surface area (Å²) in [6, 6.07) is 7.42. The highest BCUT2D eigenvalue weighted by atomic mass is 127. The summed E-state index contributed by atoms with van der Waals surface area (Å²) in [4.78, 5) is 23.9. The Balaban J connectivity index is 1.77.